The van der Waals surface area contributed by atoms with Gasteiger partial charge in [0.05, 0.1) is 0 Å². The van der Waals surface area contributed by atoms with E-state index in [9.17, 15) is 0 Å². The zero-order valence-electron chi connectivity index (χ0n) is 24.2. The van der Waals surface area contributed by atoms with Crippen molar-refractivity contribution in [3.8, 4) is 22.3 Å². The molecule has 0 atom stereocenters. The normalized spacial score (nSPS) is 14.9. The number of benzene rings is 3. The molecule has 45 heavy (non-hydrogen) atoms. The highest BCUT2D eigenvalue weighted by molar-refractivity contribution is 6.02. The Hall–Kier alpha value is -6.34. The van der Waals surface area contributed by atoms with E-state index in [0.717, 1.165) is 27.9 Å². The lowest BCUT2D eigenvalue weighted by molar-refractivity contribution is 0.270. The largest absolute Gasteiger partial charge is 0.279 e. The molecule has 0 amide bonds. The van der Waals surface area contributed by atoms with Crippen molar-refractivity contribution in [2.75, 3.05) is 4.90 Å². The number of para-hydroxylation sites is 1. The van der Waals surface area contributed by atoms with Gasteiger partial charge in [-0.3, -0.25) is 4.90 Å². The molecule has 2 aromatic heterocycles. The quantitative estimate of drug-likeness (QED) is 0.213. The fraction of sp³-hybridized carbons (Fsp3) is 0. The Morgan fingerprint density at radius 2 is 0.867 bits per heavy atom. The Labute approximate surface area is 261 Å². The molecule has 0 saturated heterocycles. The van der Waals surface area contributed by atoms with Gasteiger partial charge in [-0.25, -0.2) is 30.0 Å². The van der Waals surface area contributed by atoms with Crippen molar-refractivity contribution >= 4 is 40.6 Å². The summed E-state index contributed by atoms with van der Waals surface area (Å²) in [5.74, 6) is 3.92. The van der Waals surface area contributed by atoms with Gasteiger partial charge in [0.15, 0.2) is 23.3 Å². The van der Waals surface area contributed by atoms with Crippen LogP contribution in [0, 0.1) is 0 Å². The van der Waals surface area contributed by atoms with Crippen LogP contribution in [-0.4, -0.2) is 31.7 Å². The number of amidine groups is 2. The lowest BCUT2D eigenvalue weighted by atomic mass is 10.1. The molecule has 3 aliphatic heterocycles. The summed E-state index contributed by atoms with van der Waals surface area (Å²) < 4.78 is 0. The molecule has 5 heterocycles. The minimum Gasteiger partial charge on any atom is -0.279 e. The maximum atomic E-state index is 5.16. The maximum absolute atomic E-state index is 5.16. The van der Waals surface area contributed by atoms with Crippen LogP contribution in [0.4, 0.5) is 29.0 Å². The SMILES string of the molecule is C1=CC2=Nc3cc(-c4ccccc4)cc(n3)N(c3ccccc3)c3cc(-c4ccccc4)cc(n3)N=C3C=CC=CN3N2C=C1. The number of aromatic nitrogens is 2. The van der Waals surface area contributed by atoms with Gasteiger partial charge in [0.1, 0.15) is 11.6 Å². The first-order chi connectivity index (χ1) is 22.3. The summed E-state index contributed by atoms with van der Waals surface area (Å²) in [6, 6.07) is 39.0. The van der Waals surface area contributed by atoms with E-state index in [1.54, 1.807) is 0 Å². The molecule has 0 saturated carbocycles. The molecule has 0 aliphatic carbocycles. The van der Waals surface area contributed by atoms with E-state index in [4.69, 9.17) is 20.0 Å². The van der Waals surface area contributed by atoms with Crippen molar-refractivity contribution in [2.24, 2.45) is 9.98 Å². The summed E-state index contributed by atoms with van der Waals surface area (Å²) in [5, 5.41) is 3.92. The number of fused-ring (bicyclic) bond motifs is 7. The fourth-order valence-corrected chi connectivity index (χ4v) is 5.53. The maximum Gasteiger partial charge on any atom is 0.157 e. The van der Waals surface area contributed by atoms with Crippen molar-refractivity contribution in [1.82, 2.24) is 20.0 Å². The van der Waals surface area contributed by atoms with Crippen LogP contribution < -0.4 is 4.90 Å². The van der Waals surface area contributed by atoms with Crippen molar-refractivity contribution in [2.45, 2.75) is 0 Å². The van der Waals surface area contributed by atoms with Gasteiger partial charge < -0.3 is 0 Å². The van der Waals surface area contributed by atoms with Crippen LogP contribution in [0.2, 0.25) is 0 Å². The van der Waals surface area contributed by atoms with E-state index in [2.05, 4.69) is 53.4 Å². The number of pyridine rings is 2. The summed E-state index contributed by atoms with van der Waals surface area (Å²) in [4.78, 5) is 22.6. The van der Waals surface area contributed by atoms with E-state index in [1.165, 1.54) is 0 Å². The Balaban J connectivity index is 1.45. The highest BCUT2D eigenvalue weighted by atomic mass is 15.6. The smallest absolute Gasteiger partial charge is 0.157 e. The summed E-state index contributed by atoms with van der Waals surface area (Å²) in [7, 11) is 0. The van der Waals surface area contributed by atoms with Crippen LogP contribution in [0.3, 0.4) is 0 Å². The van der Waals surface area contributed by atoms with Gasteiger partial charge in [-0.15, -0.1) is 0 Å². The van der Waals surface area contributed by atoms with Crippen molar-refractivity contribution in [3.63, 3.8) is 0 Å². The van der Waals surface area contributed by atoms with Gasteiger partial charge in [-0.05, 0) is 83.0 Å². The van der Waals surface area contributed by atoms with Crippen molar-refractivity contribution in [3.05, 3.63) is 164 Å². The van der Waals surface area contributed by atoms with Gasteiger partial charge in [0, 0.05) is 18.1 Å². The number of nitrogens with zero attached hydrogens (tertiary/aromatic N) is 7. The second-order valence-electron chi connectivity index (χ2n) is 10.6. The monoisotopic (exact) mass is 581 g/mol. The third-order valence-corrected chi connectivity index (χ3v) is 7.61. The van der Waals surface area contributed by atoms with E-state index in [-0.39, 0.29) is 0 Å². The Kier molecular flexibility index (Phi) is 6.66. The summed E-state index contributed by atoms with van der Waals surface area (Å²) in [6.07, 6.45) is 15.8. The second kappa shape index (κ2) is 11.4. The van der Waals surface area contributed by atoms with Gasteiger partial charge in [-0.2, -0.15) is 0 Å². The molecule has 0 fully saturated rings. The molecule has 8 rings (SSSR count). The van der Waals surface area contributed by atoms with Gasteiger partial charge in [0.25, 0.3) is 0 Å². The van der Waals surface area contributed by atoms with Crippen LogP contribution in [0.1, 0.15) is 0 Å². The molecule has 4 bridgehead atoms. The van der Waals surface area contributed by atoms with Crippen molar-refractivity contribution in [1.29, 1.82) is 0 Å². The Morgan fingerprint density at radius 3 is 1.33 bits per heavy atom. The number of hydrogen-bond acceptors (Lipinski definition) is 7. The highest BCUT2D eigenvalue weighted by Gasteiger charge is 2.24. The van der Waals surface area contributed by atoms with E-state index in [0.29, 0.717) is 34.9 Å². The van der Waals surface area contributed by atoms with Crippen LogP contribution in [0.15, 0.2) is 174 Å². The number of allylic oxidation sites excluding steroid dienone is 4. The Morgan fingerprint density at radius 1 is 0.422 bits per heavy atom. The molecule has 0 radical (unpaired) electrons. The predicted molar refractivity (Wildman–Crippen MR) is 182 cm³/mol. The first-order valence-electron chi connectivity index (χ1n) is 14.7. The molecule has 7 heteroatoms. The van der Waals surface area contributed by atoms with E-state index < -0.39 is 0 Å². The van der Waals surface area contributed by atoms with Crippen molar-refractivity contribution < 1.29 is 0 Å². The predicted octanol–water partition coefficient (Wildman–Crippen LogP) is 9.04. The molecular formula is C38H27N7. The Bertz CT molecular complexity index is 1930. The van der Waals surface area contributed by atoms with E-state index in [1.807, 2.05) is 126 Å². The summed E-state index contributed by atoms with van der Waals surface area (Å²) in [5.41, 5.74) is 5.04. The number of anilines is 3. The second-order valence-corrected chi connectivity index (χ2v) is 10.6. The minimum atomic E-state index is 0.570. The molecule has 0 spiro atoms. The summed E-state index contributed by atoms with van der Waals surface area (Å²) in [6.45, 7) is 0. The van der Waals surface area contributed by atoms with Crippen LogP contribution >= 0.6 is 0 Å². The molecule has 0 unspecified atom stereocenters. The number of hydrazine groups is 1. The molecule has 0 N–H and O–H groups in total. The molecular weight excluding hydrogens is 554 g/mol. The molecule has 3 aromatic carbocycles. The van der Waals surface area contributed by atoms with Gasteiger partial charge in [0.2, 0.25) is 0 Å². The number of hydrogen-bond donors (Lipinski definition) is 0. The lowest BCUT2D eigenvalue weighted by Crippen LogP contribution is -2.43. The van der Waals surface area contributed by atoms with Gasteiger partial charge in [-0.1, -0.05) is 91.0 Å². The van der Waals surface area contributed by atoms with Gasteiger partial charge >= 0.3 is 0 Å². The molecule has 7 nitrogen and oxygen atoms in total. The lowest BCUT2D eigenvalue weighted by Gasteiger charge is -2.34. The van der Waals surface area contributed by atoms with Crippen LogP contribution in [-0.2, 0) is 0 Å². The first kappa shape index (κ1) is 26.3. The average molecular weight is 582 g/mol. The zero-order valence-corrected chi connectivity index (χ0v) is 24.2. The standard InChI is InChI=1S/C38H27N7/c1-4-14-28(15-5-1)30-24-33-39-35-20-10-12-22-43(35)44-23-13-11-21-36(44)40-34-25-31(29-16-6-2-7-17-29)27-38(42-34)45(37(26-30)41-33)32-18-8-3-9-19-32/h1-27H. The number of rotatable bonds is 3. The van der Waals surface area contributed by atoms with Crippen LogP contribution in [0.25, 0.3) is 22.3 Å². The number of aliphatic imine (C=N–C) groups is 2. The zero-order chi connectivity index (χ0) is 30.0. The first-order valence-corrected chi connectivity index (χ1v) is 14.7. The third-order valence-electron chi connectivity index (χ3n) is 7.61. The third kappa shape index (κ3) is 5.23. The topological polar surface area (TPSA) is 60.2 Å². The minimum absolute atomic E-state index is 0.570. The van der Waals surface area contributed by atoms with Crippen LogP contribution in [0.5, 0.6) is 0 Å². The molecule has 5 aromatic rings. The fourth-order valence-electron chi connectivity index (χ4n) is 5.53. The average Bonchev–Trinajstić information content (AvgIpc) is 3.10. The highest BCUT2D eigenvalue weighted by Crippen LogP contribution is 2.39. The molecule has 214 valence electrons. The molecule has 3 aliphatic rings. The van der Waals surface area contributed by atoms with E-state index >= 15 is 0 Å². The summed E-state index contributed by atoms with van der Waals surface area (Å²) >= 11 is 0.